The summed E-state index contributed by atoms with van der Waals surface area (Å²) in [6.07, 6.45) is 70.9. The van der Waals surface area contributed by atoms with Crippen molar-refractivity contribution in [2.45, 2.75) is 123 Å². The molecule has 0 aliphatic heterocycles. The van der Waals surface area contributed by atoms with Gasteiger partial charge < -0.3 is 18.9 Å². The van der Waals surface area contributed by atoms with Crippen molar-refractivity contribution in [3.8, 4) is 23.0 Å². The van der Waals surface area contributed by atoms with E-state index in [4.69, 9.17) is 18.9 Å². The molecule has 2 aromatic carbocycles. The van der Waals surface area contributed by atoms with Crippen LogP contribution in [0.2, 0.25) is 0 Å². The van der Waals surface area contributed by atoms with Gasteiger partial charge in [0.05, 0.1) is 20.6 Å². The van der Waals surface area contributed by atoms with Crippen molar-refractivity contribution in [2.24, 2.45) is 0 Å². The van der Waals surface area contributed by atoms with E-state index in [0.717, 1.165) is 12.8 Å². The van der Waals surface area contributed by atoms with Crippen LogP contribution in [0, 0.1) is 0 Å². The first-order chi connectivity index (χ1) is 35.8. The molecule has 0 spiro atoms. The van der Waals surface area contributed by atoms with Gasteiger partial charge in [0.1, 0.15) is 0 Å². The number of rotatable bonds is 38. The zero-order chi connectivity index (χ0) is 52.7. The number of benzene rings is 2. The predicted molar refractivity (Wildman–Crippen MR) is 305 cm³/mol. The second-order valence-electron chi connectivity index (χ2n) is 16.9. The number of ketones is 2. The number of hydrogen-bond acceptors (Lipinski definition) is 8. The van der Waals surface area contributed by atoms with Gasteiger partial charge in [-0.15, -0.1) is 0 Å². The molecule has 2 aromatic rings. The van der Waals surface area contributed by atoms with Gasteiger partial charge in [0.15, 0.2) is 34.6 Å². The molecule has 0 fully saturated rings. The number of carbonyl (C=O) groups excluding carboxylic acids is 4. The van der Waals surface area contributed by atoms with Gasteiger partial charge in [-0.2, -0.15) is 0 Å². The summed E-state index contributed by atoms with van der Waals surface area (Å²) < 4.78 is 21.7. The molecule has 0 heterocycles. The normalized spacial score (nSPS) is 12.8. The number of ether oxygens (including phenoxy) is 4. The zero-order valence-electron chi connectivity index (χ0n) is 43.9. The summed E-state index contributed by atoms with van der Waals surface area (Å²) in [4.78, 5) is 50.2. The third-order valence-electron chi connectivity index (χ3n) is 10.8. The Morgan fingerprint density at radius 3 is 1.03 bits per heavy atom. The van der Waals surface area contributed by atoms with E-state index in [1.165, 1.54) is 128 Å². The van der Waals surface area contributed by atoms with Crippen molar-refractivity contribution < 1.29 is 38.1 Å². The summed E-state index contributed by atoms with van der Waals surface area (Å²) >= 11 is 0. The van der Waals surface area contributed by atoms with Crippen LogP contribution >= 0.6 is 0 Å². The zero-order valence-corrected chi connectivity index (χ0v) is 43.9. The van der Waals surface area contributed by atoms with Crippen LogP contribution in [0.1, 0.15) is 134 Å². The maximum atomic E-state index is 12.6. The Morgan fingerprint density at radius 1 is 0.370 bits per heavy atom. The first-order valence-corrected chi connectivity index (χ1v) is 26.0. The third kappa shape index (κ3) is 33.8. The molecule has 0 radical (unpaired) electrons. The molecule has 0 aromatic heterocycles. The van der Waals surface area contributed by atoms with Crippen molar-refractivity contribution in [1.29, 1.82) is 0 Å². The summed E-state index contributed by atoms with van der Waals surface area (Å²) in [7, 11) is 2.90. The molecule has 0 atom stereocenters. The van der Waals surface area contributed by atoms with Crippen molar-refractivity contribution in [1.82, 2.24) is 0 Å². The molecule has 0 unspecified atom stereocenters. The molecule has 8 nitrogen and oxygen atoms in total. The monoisotopic (exact) mass is 989 g/mol. The van der Waals surface area contributed by atoms with Gasteiger partial charge >= 0.3 is 11.9 Å². The van der Waals surface area contributed by atoms with Gasteiger partial charge in [0, 0.05) is 12.2 Å². The molecule has 0 saturated heterocycles. The maximum Gasteiger partial charge on any atom is 0.336 e. The molecule has 388 valence electrons. The van der Waals surface area contributed by atoms with Crippen LogP contribution in [0.15, 0.2) is 194 Å². The first kappa shape index (κ1) is 61.8. The molecule has 0 amide bonds. The van der Waals surface area contributed by atoms with Crippen molar-refractivity contribution in [3.63, 3.8) is 0 Å². The highest BCUT2D eigenvalue weighted by molar-refractivity contribution is 6.11. The summed E-state index contributed by atoms with van der Waals surface area (Å²) in [5.74, 6) is -0.950. The van der Waals surface area contributed by atoms with Gasteiger partial charge in [-0.05, 0) is 73.2 Å². The second-order valence-corrected chi connectivity index (χ2v) is 16.9. The van der Waals surface area contributed by atoms with Gasteiger partial charge in [0.25, 0.3) is 0 Å². The molecule has 8 heteroatoms. The number of esters is 2. The number of methoxy groups -OCH3 is 2. The highest BCUT2D eigenvalue weighted by Gasteiger charge is 2.11. The average molecular weight is 989 g/mol. The van der Waals surface area contributed by atoms with Crippen molar-refractivity contribution in [3.05, 3.63) is 206 Å². The fourth-order valence-electron chi connectivity index (χ4n) is 6.78. The fraction of sp³-hybridized carbons (Fsp3) is 0.323. The van der Waals surface area contributed by atoms with E-state index < -0.39 is 23.5 Å². The summed E-state index contributed by atoms with van der Waals surface area (Å²) in [6, 6.07) is 9.71. The molecule has 0 aliphatic carbocycles. The maximum absolute atomic E-state index is 12.6. The summed E-state index contributed by atoms with van der Waals surface area (Å²) in [5, 5.41) is 0. The molecule has 0 N–H and O–H groups in total. The minimum absolute atomic E-state index is 0.215. The van der Waals surface area contributed by atoms with E-state index >= 15 is 0 Å². The highest BCUT2D eigenvalue weighted by atomic mass is 16.6. The lowest BCUT2D eigenvalue weighted by molar-refractivity contribution is -0.130. The first-order valence-electron chi connectivity index (χ1n) is 26.0. The van der Waals surface area contributed by atoms with E-state index in [1.54, 1.807) is 85.0 Å². The molecular weight excluding hydrogens is 909 g/mol. The lowest BCUT2D eigenvalue weighted by Crippen LogP contribution is -2.05. The van der Waals surface area contributed by atoms with Gasteiger partial charge in [-0.25, -0.2) is 9.59 Å². The summed E-state index contributed by atoms with van der Waals surface area (Å²) in [5.41, 5.74) is 1.21. The quantitative estimate of drug-likeness (QED) is 0.0164. The van der Waals surface area contributed by atoms with E-state index in [2.05, 4.69) is 38.2 Å². The SMILES string of the molecule is CCCCCCCCCC=CC=CC=CC=CC=CC=CC(=O)Oc1ccc(C=CC(=O)CC(=O)C=Cc2ccc(OC(=O)C=CC=CC=CC=CC=CC=CCCCCCCCCC)c(OC)c2)cc1OC. The lowest BCUT2D eigenvalue weighted by Gasteiger charge is -2.08. The van der Waals surface area contributed by atoms with Gasteiger partial charge in [-0.1, -0.05) is 249 Å². The minimum Gasteiger partial charge on any atom is -0.493 e. The Balaban J connectivity index is 1.74. The molecule has 0 aliphatic rings. The van der Waals surface area contributed by atoms with Crippen LogP contribution in [0.3, 0.4) is 0 Å². The van der Waals surface area contributed by atoms with Crippen LogP contribution in [0.4, 0.5) is 0 Å². The molecule has 2 rings (SSSR count). The van der Waals surface area contributed by atoms with E-state index in [0.29, 0.717) is 22.6 Å². The number of allylic oxidation sites excluding steroid dienone is 24. The average Bonchev–Trinajstić information content (AvgIpc) is 3.39. The Hall–Kier alpha value is -7.32. The molecule has 73 heavy (non-hydrogen) atoms. The van der Waals surface area contributed by atoms with Crippen LogP contribution in [-0.4, -0.2) is 37.7 Å². The van der Waals surface area contributed by atoms with E-state index in [1.807, 2.05) is 72.9 Å². The highest BCUT2D eigenvalue weighted by Crippen LogP contribution is 2.30. The molecule has 0 bridgehead atoms. The number of hydrogen-bond donors (Lipinski definition) is 0. The smallest absolute Gasteiger partial charge is 0.336 e. The van der Waals surface area contributed by atoms with E-state index in [-0.39, 0.29) is 17.9 Å². The third-order valence-corrected chi connectivity index (χ3v) is 10.8. The van der Waals surface area contributed by atoms with Crippen LogP contribution in [0.5, 0.6) is 23.0 Å². The van der Waals surface area contributed by atoms with Crippen LogP contribution in [-0.2, 0) is 19.2 Å². The largest absolute Gasteiger partial charge is 0.493 e. The van der Waals surface area contributed by atoms with Crippen molar-refractivity contribution >= 4 is 35.7 Å². The minimum atomic E-state index is -0.583. The van der Waals surface area contributed by atoms with Gasteiger partial charge in [0.2, 0.25) is 0 Å². The molecule has 0 saturated carbocycles. The summed E-state index contributed by atoms with van der Waals surface area (Å²) in [6.45, 7) is 4.49. The number of unbranched alkanes of at least 4 members (excludes halogenated alkanes) is 14. The Kier molecular flexibility index (Phi) is 36.8. The Labute approximate surface area is 437 Å². The number of carbonyl (C=O) groups is 4. The van der Waals surface area contributed by atoms with Crippen LogP contribution < -0.4 is 18.9 Å². The second kappa shape index (κ2) is 43.5. The Bertz CT molecular complexity index is 2190. The van der Waals surface area contributed by atoms with Crippen molar-refractivity contribution in [2.75, 3.05) is 14.2 Å². The fourth-order valence-corrected chi connectivity index (χ4v) is 6.78. The topological polar surface area (TPSA) is 105 Å². The lowest BCUT2D eigenvalue weighted by atomic mass is 10.1. The molecular formula is C65H80O8. The predicted octanol–water partition coefficient (Wildman–Crippen LogP) is 16.7. The Morgan fingerprint density at radius 2 is 0.685 bits per heavy atom. The van der Waals surface area contributed by atoms with Crippen LogP contribution in [0.25, 0.3) is 12.2 Å². The standard InChI is InChI=1S/C65H80O8/c1-5-7-9-11-13-15-17-19-21-23-25-27-29-31-33-35-37-39-41-43-64(68)72-60-51-47-56(53-62(60)70-3)45-49-58(66)55-59(67)50-46-57-48-52-61(63(54-57)71-4)73-65(69)44-42-40-38-36-34-32-30-28-26-24-22-20-18-16-14-12-10-8-6-2/h21-54H,5-20,55H2,1-4H3. The van der Waals surface area contributed by atoms with Gasteiger partial charge in [-0.3, -0.25) is 9.59 Å². The van der Waals surface area contributed by atoms with E-state index in [9.17, 15) is 19.2 Å².